The lowest BCUT2D eigenvalue weighted by molar-refractivity contribution is 0.198. The standard InChI is InChI=1S/C14H24N2O4S/c1-11(12-4-3-5-12)16-21(17,18)14-7-6-13(20-14)10-15-8-9-19-2/h6-7,11-12,15-16H,3-5,8-10H2,1-2H3. The van der Waals surface area contributed by atoms with Crippen LogP contribution in [-0.2, 0) is 21.3 Å². The first kappa shape index (κ1) is 16.5. The summed E-state index contributed by atoms with van der Waals surface area (Å²) in [4.78, 5) is 0. The van der Waals surface area contributed by atoms with Gasteiger partial charge < -0.3 is 14.5 Å². The van der Waals surface area contributed by atoms with Crippen molar-refractivity contribution in [3.8, 4) is 0 Å². The molecule has 21 heavy (non-hydrogen) atoms. The van der Waals surface area contributed by atoms with Gasteiger partial charge in [-0.25, -0.2) is 13.1 Å². The van der Waals surface area contributed by atoms with Crippen LogP contribution in [0.25, 0.3) is 0 Å². The maximum atomic E-state index is 12.2. The Morgan fingerprint density at radius 2 is 2.19 bits per heavy atom. The van der Waals surface area contributed by atoms with Gasteiger partial charge in [0.15, 0.2) is 0 Å². The van der Waals surface area contributed by atoms with Gasteiger partial charge in [0, 0.05) is 19.7 Å². The minimum Gasteiger partial charge on any atom is -0.447 e. The molecule has 1 heterocycles. The predicted molar refractivity (Wildman–Crippen MR) is 79.4 cm³/mol. The largest absolute Gasteiger partial charge is 0.447 e. The van der Waals surface area contributed by atoms with Crippen molar-refractivity contribution in [3.63, 3.8) is 0 Å². The molecule has 1 aliphatic carbocycles. The van der Waals surface area contributed by atoms with Crippen LogP contribution in [0.1, 0.15) is 31.9 Å². The van der Waals surface area contributed by atoms with E-state index < -0.39 is 10.0 Å². The van der Waals surface area contributed by atoms with E-state index in [1.807, 2.05) is 6.92 Å². The van der Waals surface area contributed by atoms with Crippen LogP contribution in [0.15, 0.2) is 21.6 Å². The number of ether oxygens (including phenoxy) is 1. The summed E-state index contributed by atoms with van der Waals surface area (Å²) in [5, 5.41) is 3.09. The topological polar surface area (TPSA) is 80.6 Å². The molecule has 1 aliphatic rings. The van der Waals surface area contributed by atoms with Crippen LogP contribution in [0, 0.1) is 5.92 Å². The van der Waals surface area contributed by atoms with E-state index in [1.165, 1.54) is 12.5 Å². The van der Waals surface area contributed by atoms with Gasteiger partial charge in [-0.2, -0.15) is 0 Å². The highest BCUT2D eigenvalue weighted by Gasteiger charge is 2.29. The van der Waals surface area contributed by atoms with Crippen molar-refractivity contribution in [1.82, 2.24) is 10.0 Å². The molecular weight excluding hydrogens is 292 g/mol. The van der Waals surface area contributed by atoms with Gasteiger partial charge in [0.2, 0.25) is 5.09 Å². The summed E-state index contributed by atoms with van der Waals surface area (Å²) in [6.07, 6.45) is 3.38. The van der Waals surface area contributed by atoms with Gasteiger partial charge in [0.05, 0.1) is 13.2 Å². The summed E-state index contributed by atoms with van der Waals surface area (Å²) in [6.45, 7) is 3.69. The fourth-order valence-electron chi connectivity index (χ4n) is 2.32. The lowest BCUT2D eigenvalue weighted by atomic mass is 9.81. The Bertz CT molecular complexity index is 537. The third-order valence-electron chi connectivity index (χ3n) is 3.88. The summed E-state index contributed by atoms with van der Waals surface area (Å²) < 4.78 is 37.5. The van der Waals surface area contributed by atoms with E-state index in [4.69, 9.17) is 9.15 Å². The molecule has 0 amide bonds. The molecule has 120 valence electrons. The molecule has 1 aromatic heterocycles. The van der Waals surface area contributed by atoms with Crippen molar-refractivity contribution < 1.29 is 17.6 Å². The molecule has 0 aliphatic heterocycles. The van der Waals surface area contributed by atoms with Crippen molar-refractivity contribution in [1.29, 1.82) is 0 Å². The van der Waals surface area contributed by atoms with E-state index >= 15 is 0 Å². The number of nitrogens with one attached hydrogen (secondary N) is 2. The van der Waals surface area contributed by atoms with Crippen LogP contribution in [0.3, 0.4) is 0 Å². The van der Waals surface area contributed by atoms with E-state index in [2.05, 4.69) is 10.0 Å². The highest BCUT2D eigenvalue weighted by Crippen LogP contribution is 2.30. The fourth-order valence-corrected chi connectivity index (χ4v) is 3.58. The summed E-state index contributed by atoms with van der Waals surface area (Å²) in [5.41, 5.74) is 0. The minimum absolute atomic E-state index is 0.0165. The van der Waals surface area contributed by atoms with Crippen LogP contribution >= 0.6 is 0 Å². The molecule has 0 saturated heterocycles. The minimum atomic E-state index is -3.56. The van der Waals surface area contributed by atoms with Gasteiger partial charge in [-0.1, -0.05) is 6.42 Å². The van der Waals surface area contributed by atoms with Crippen molar-refractivity contribution >= 4 is 10.0 Å². The summed E-state index contributed by atoms with van der Waals surface area (Å²) in [5.74, 6) is 1.05. The number of sulfonamides is 1. The second-order valence-electron chi connectivity index (χ2n) is 5.49. The normalized spacial score (nSPS) is 17.6. The molecule has 2 rings (SSSR count). The van der Waals surface area contributed by atoms with Gasteiger partial charge in [0.1, 0.15) is 5.76 Å². The van der Waals surface area contributed by atoms with Crippen molar-refractivity contribution in [2.24, 2.45) is 5.92 Å². The van der Waals surface area contributed by atoms with Gasteiger partial charge in [0.25, 0.3) is 10.0 Å². The monoisotopic (exact) mass is 316 g/mol. The highest BCUT2D eigenvalue weighted by atomic mass is 32.2. The van der Waals surface area contributed by atoms with Gasteiger partial charge >= 0.3 is 0 Å². The molecule has 0 aromatic carbocycles. The lowest BCUT2D eigenvalue weighted by Crippen LogP contribution is -2.40. The second kappa shape index (κ2) is 7.40. The molecule has 7 heteroatoms. The highest BCUT2D eigenvalue weighted by molar-refractivity contribution is 7.89. The van der Waals surface area contributed by atoms with Crippen molar-refractivity contribution in [2.45, 2.75) is 43.9 Å². The maximum Gasteiger partial charge on any atom is 0.274 e. The lowest BCUT2D eigenvalue weighted by Gasteiger charge is -2.31. The molecule has 1 aromatic rings. The Labute approximate surface area is 126 Å². The molecule has 6 nitrogen and oxygen atoms in total. The Balaban J connectivity index is 1.89. The van der Waals surface area contributed by atoms with E-state index in [-0.39, 0.29) is 11.1 Å². The molecule has 0 radical (unpaired) electrons. The molecule has 1 unspecified atom stereocenters. The summed E-state index contributed by atoms with van der Waals surface area (Å²) in [6, 6.07) is 3.14. The van der Waals surface area contributed by atoms with Crippen molar-refractivity contribution in [2.75, 3.05) is 20.3 Å². The van der Waals surface area contributed by atoms with Crippen LogP contribution < -0.4 is 10.0 Å². The molecule has 0 spiro atoms. The number of methoxy groups -OCH3 is 1. The quantitative estimate of drug-likeness (QED) is 0.675. The average Bonchev–Trinajstić information content (AvgIpc) is 2.81. The zero-order chi connectivity index (χ0) is 15.3. The first-order valence-electron chi connectivity index (χ1n) is 7.33. The smallest absolute Gasteiger partial charge is 0.274 e. The van der Waals surface area contributed by atoms with E-state index in [0.717, 1.165) is 12.8 Å². The first-order valence-corrected chi connectivity index (χ1v) is 8.82. The summed E-state index contributed by atoms with van der Waals surface area (Å²) >= 11 is 0. The zero-order valence-corrected chi connectivity index (χ0v) is 13.4. The Morgan fingerprint density at radius 3 is 2.81 bits per heavy atom. The van der Waals surface area contributed by atoms with Crippen molar-refractivity contribution in [3.05, 3.63) is 17.9 Å². The second-order valence-corrected chi connectivity index (χ2v) is 7.14. The van der Waals surface area contributed by atoms with E-state index in [9.17, 15) is 8.42 Å². The molecular formula is C14H24N2O4S. The summed E-state index contributed by atoms with van der Waals surface area (Å²) in [7, 11) is -1.93. The third kappa shape index (κ3) is 4.54. The van der Waals surface area contributed by atoms with Gasteiger partial charge in [-0.3, -0.25) is 0 Å². The number of rotatable bonds is 9. The zero-order valence-electron chi connectivity index (χ0n) is 12.6. The SMILES string of the molecule is COCCNCc1ccc(S(=O)(=O)NC(C)C2CCC2)o1. The fraction of sp³-hybridized carbons (Fsp3) is 0.714. The molecule has 1 fully saturated rings. The molecule has 2 N–H and O–H groups in total. The average molecular weight is 316 g/mol. The van der Waals surface area contributed by atoms with Crippen LogP contribution in [0.2, 0.25) is 0 Å². The third-order valence-corrected chi connectivity index (χ3v) is 5.31. The van der Waals surface area contributed by atoms with Gasteiger partial charge in [-0.05, 0) is 37.8 Å². The molecule has 1 atom stereocenters. The Kier molecular flexibility index (Phi) is 5.80. The number of furan rings is 1. The van der Waals surface area contributed by atoms with Crippen LogP contribution in [0.4, 0.5) is 0 Å². The van der Waals surface area contributed by atoms with Gasteiger partial charge in [-0.15, -0.1) is 0 Å². The Morgan fingerprint density at radius 1 is 1.43 bits per heavy atom. The van der Waals surface area contributed by atoms with E-state index in [1.54, 1.807) is 13.2 Å². The first-order chi connectivity index (χ1) is 10.0. The van der Waals surface area contributed by atoms with Crippen LogP contribution in [0.5, 0.6) is 0 Å². The molecule has 0 bridgehead atoms. The maximum absolute atomic E-state index is 12.2. The Hall–Kier alpha value is -0.890. The number of hydrogen-bond acceptors (Lipinski definition) is 5. The van der Waals surface area contributed by atoms with E-state index in [0.29, 0.717) is 31.4 Å². The number of hydrogen-bond donors (Lipinski definition) is 2. The van der Waals surface area contributed by atoms with Crippen LogP contribution in [-0.4, -0.2) is 34.7 Å². The predicted octanol–water partition coefficient (Wildman–Crippen LogP) is 1.48. The molecule has 1 saturated carbocycles.